The number of nitriles is 1. The monoisotopic (exact) mass is 420 g/mol. The van der Waals surface area contributed by atoms with Gasteiger partial charge in [0.2, 0.25) is 5.43 Å². The van der Waals surface area contributed by atoms with Crippen molar-refractivity contribution >= 4 is 34.4 Å². The van der Waals surface area contributed by atoms with Crippen LogP contribution in [0.5, 0.6) is 0 Å². The molecule has 9 heteroatoms. The van der Waals surface area contributed by atoms with Crippen LogP contribution in [0.4, 0.5) is 4.39 Å². The van der Waals surface area contributed by atoms with Crippen LogP contribution in [0.15, 0.2) is 17.1 Å². The zero-order chi connectivity index (χ0) is 21.3. The van der Waals surface area contributed by atoms with Gasteiger partial charge in [-0.25, -0.2) is 9.18 Å². The van der Waals surface area contributed by atoms with Gasteiger partial charge in [-0.05, 0) is 32.8 Å². The topological polar surface area (TPSA) is 98.4 Å². The molecule has 0 spiro atoms. The van der Waals surface area contributed by atoms with Crippen LogP contribution < -0.4 is 5.43 Å². The molecule has 0 saturated heterocycles. The molecule has 1 atom stereocenters. The number of carbonyl (C=O) groups excluding carboxylic acids is 2. The molecular weight excluding hydrogens is 403 g/mol. The van der Waals surface area contributed by atoms with Gasteiger partial charge < -0.3 is 14.0 Å². The molecule has 0 N–H and O–H groups in total. The number of esters is 2. The Morgan fingerprint density at radius 1 is 1.34 bits per heavy atom. The first-order valence-electron chi connectivity index (χ1n) is 9.15. The lowest BCUT2D eigenvalue weighted by molar-refractivity contribution is -0.143. The van der Waals surface area contributed by atoms with Crippen molar-refractivity contribution in [2.75, 3.05) is 13.2 Å². The summed E-state index contributed by atoms with van der Waals surface area (Å²) in [5.41, 5.74) is -1.13. The van der Waals surface area contributed by atoms with Gasteiger partial charge in [-0.2, -0.15) is 5.26 Å². The van der Waals surface area contributed by atoms with E-state index in [4.69, 9.17) is 21.1 Å². The van der Waals surface area contributed by atoms with Gasteiger partial charge in [-0.15, -0.1) is 0 Å². The Labute approximate surface area is 170 Å². The fourth-order valence-electron chi connectivity index (χ4n) is 3.18. The van der Waals surface area contributed by atoms with E-state index in [2.05, 4.69) is 0 Å². The van der Waals surface area contributed by atoms with Crippen molar-refractivity contribution in [3.8, 4) is 6.07 Å². The standard InChI is InChI=1S/C20H18ClFN2O5/c1-3-28-19(26)12(8-23)15-14(22)7-11-17(16(15)21)24(10-5-6-10)9-13(18(11)25)20(27)29-4-2/h7,9-10,12H,3-6H2,1-2H3. The Morgan fingerprint density at radius 2 is 2.00 bits per heavy atom. The van der Waals surface area contributed by atoms with E-state index >= 15 is 0 Å². The van der Waals surface area contributed by atoms with E-state index in [-0.39, 0.29) is 46.3 Å². The van der Waals surface area contributed by atoms with Crippen molar-refractivity contribution < 1.29 is 23.5 Å². The van der Waals surface area contributed by atoms with Crippen molar-refractivity contribution in [2.24, 2.45) is 0 Å². The van der Waals surface area contributed by atoms with Crippen molar-refractivity contribution in [3.63, 3.8) is 0 Å². The molecule has 1 aromatic heterocycles. The summed E-state index contributed by atoms with van der Waals surface area (Å²) in [4.78, 5) is 37.2. The Morgan fingerprint density at radius 3 is 2.55 bits per heavy atom. The second kappa shape index (κ2) is 8.21. The Kier molecular flexibility index (Phi) is 5.89. The first-order chi connectivity index (χ1) is 13.8. The summed E-state index contributed by atoms with van der Waals surface area (Å²) in [6.45, 7) is 3.27. The molecule has 0 aliphatic heterocycles. The molecule has 0 amide bonds. The van der Waals surface area contributed by atoms with E-state index in [1.165, 1.54) is 6.20 Å². The summed E-state index contributed by atoms with van der Waals surface area (Å²) in [6, 6.07) is 2.58. The highest BCUT2D eigenvalue weighted by Gasteiger charge is 2.33. The zero-order valence-corrected chi connectivity index (χ0v) is 16.6. The van der Waals surface area contributed by atoms with Gasteiger partial charge in [0.25, 0.3) is 0 Å². The van der Waals surface area contributed by atoms with Gasteiger partial charge in [0.05, 0.1) is 35.2 Å². The molecule has 1 aliphatic carbocycles. The predicted molar refractivity (Wildman–Crippen MR) is 102 cm³/mol. The number of rotatable bonds is 6. The molecule has 1 heterocycles. The summed E-state index contributed by atoms with van der Waals surface area (Å²) in [7, 11) is 0. The number of hydrogen-bond acceptors (Lipinski definition) is 6. The van der Waals surface area contributed by atoms with Gasteiger partial charge in [-0.1, -0.05) is 11.6 Å². The van der Waals surface area contributed by atoms with Crippen molar-refractivity contribution in [1.82, 2.24) is 4.57 Å². The summed E-state index contributed by atoms with van der Waals surface area (Å²) < 4.78 is 26.3. The first-order valence-corrected chi connectivity index (χ1v) is 9.53. The molecule has 0 radical (unpaired) electrons. The van der Waals surface area contributed by atoms with Crippen LogP contribution in [0, 0.1) is 17.1 Å². The minimum absolute atomic E-state index is 0.0134. The SMILES string of the molecule is CCOC(=O)c1cn(C2CC2)c2c(Cl)c(C(C#N)C(=O)OCC)c(F)cc2c1=O. The molecule has 1 aromatic carbocycles. The summed E-state index contributed by atoms with van der Waals surface area (Å²) in [6.07, 6.45) is 2.91. The number of nitrogens with zero attached hydrogens (tertiary/aromatic N) is 2. The Balaban J connectivity index is 2.32. The van der Waals surface area contributed by atoms with E-state index in [9.17, 15) is 24.0 Å². The second-order valence-electron chi connectivity index (χ2n) is 6.53. The van der Waals surface area contributed by atoms with Gasteiger partial charge in [0.15, 0.2) is 5.92 Å². The first kappa shape index (κ1) is 20.8. The van der Waals surface area contributed by atoms with Crippen LogP contribution in [0.25, 0.3) is 10.9 Å². The van der Waals surface area contributed by atoms with Crippen LogP contribution in [0.2, 0.25) is 5.02 Å². The third kappa shape index (κ3) is 3.70. The molecule has 7 nitrogen and oxygen atoms in total. The summed E-state index contributed by atoms with van der Waals surface area (Å²) >= 11 is 6.43. The lowest BCUT2D eigenvalue weighted by Gasteiger charge is -2.18. The predicted octanol–water partition coefficient (Wildman–Crippen LogP) is 3.48. The largest absolute Gasteiger partial charge is 0.465 e. The van der Waals surface area contributed by atoms with E-state index in [0.717, 1.165) is 18.9 Å². The second-order valence-corrected chi connectivity index (χ2v) is 6.91. The molecule has 0 bridgehead atoms. The third-order valence-electron chi connectivity index (χ3n) is 4.62. The van der Waals surface area contributed by atoms with Crippen LogP contribution in [0.3, 0.4) is 0 Å². The third-order valence-corrected chi connectivity index (χ3v) is 5.00. The van der Waals surface area contributed by atoms with Crippen LogP contribution in [-0.2, 0) is 14.3 Å². The van der Waals surface area contributed by atoms with Crippen molar-refractivity contribution in [1.29, 1.82) is 5.26 Å². The van der Waals surface area contributed by atoms with Gasteiger partial charge in [-0.3, -0.25) is 9.59 Å². The van der Waals surface area contributed by atoms with Crippen molar-refractivity contribution in [2.45, 2.75) is 38.6 Å². The Bertz CT molecular complexity index is 1100. The number of halogens is 2. The lowest BCUT2D eigenvalue weighted by atomic mass is 9.97. The maximum Gasteiger partial charge on any atom is 0.343 e. The number of aromatic nitrogens is 1. The molecule has 3 rings (SSSR count). The van der Waals surface area contributed by atoms with Crippen LogP contribution in [-0.4, -0.2) is 29.7 Å². The van der Waals surface area contributed by atoms with Gasteiger partial charge in [0.1, 0.15) is 11.4 Å². The van der Waals surface area contributed by atoms with Crippen molar-refractivity contribution in [3.05, 3.63) is 44.5 Å². The summed E-state index contributed by atoms with van der Waals surface area (Å²) in [5.74, 6) is -4.32. The molecule has 1 saturated carbocycles. The number of benzene rings is 1. The molecule has 2 aromatic rings. The van der Waals surface area contributed by atoms with Crippen LogP contribution >= 0.6 is 11.6 Å². The number of fused-ring (bicyclic) bond motifs is 1. The highest BCUT2D eigenvalue weighted by molar-refractivity contribution is 6.36. The molecule has 29 heavy (non-hydrogen) atoms. The highest BCUT2D eigenvalue weighted by Crippen LogP contribution is 2.41. The van der Waals surface area contributed by atoms with E-state index < -0.39 is 29.1 Å². The van der Waals surface area contributed by atoms with E-state index in [0.29, 0.717) is 0 Å². The Hall–Kier alpha value is -2.92. The summed E-state index contributed by atoms with van der Waals surface area (Å²) in [5, 5.41) is 9.07. The minimum Gasteiger partial charge on any atom is -0.465 e. The van der Waals surface area contributed by atoms with E-state index in [1.807, 2.05) is 0 Å². The van der Waals surface area contributed by atoms with Crippen LogP contribution in [0.1, 0.15) is 54.6 Å². The van der Waals surface area contributed by atoms with E-state index in [1.54, 1.807) is 24.5 Å². The zero-order valence-electron chi connectivity index (χ0n) is 15.8. The minimum atomic E-state index is -1.58. The number of hydrogen-bond donors (Lipinski definition) is 0. The fourth-order valence-corrected chi connectivity index (χ4v) is 3.58. The number of carbonyl (C=O) groups is 2. The quantitative estimate of drug-likeness (QED) is 0.663. The average molecular weight is 421 g/mol. The lowest BCUT2D eigenvalue weighted by Crippen LogP contribution is -2.22. The maximum absolute atomic E-state index is 14.9. The normalized spacial score (nSPS) is 14.3. The highest BCUT2D eigenvalue weighted by atomic mass is 35.5. The number of pyridine rings is 1. The van der Waals surface area contributed by atoms with Gasteiger partial charge >= 0.3 is 11.9 Å². The smallest absolute Gasteiger partial charge is 0.343 e. The fraction of sp³-hybridized carbons (Fsp3) is 0.400. The molecule has 1 aliphatic rings. The molecule has 152 valence electrons. The molecular formula is C20H18ClFN2O5. The average Bonchev–Trinajstić information content (AvgIpc) is 3.51. The molecule has 1 unspecified atom stereocenters. The molecule has 1 fully saturated rings. The van der Waals surface area contributed by atoms with Gasteiger partial charge in [0, 0.05) is 17.8 Å². The number of ether oxygens (including phenoxy) is 2. The maximum atomic E-state index is 14.9.